The highest BCUT2D eigenvalue weighted by atomic mass is 16.5. The van der Waals surface area contributed by atoms with Gasteiger partial charge in [-0.15, -0.1) is 0 Å². The van der Waals surface area contributed by atoms with Crippen LogP contribution in [0.25, 0.3) is 0 Å². The normalized spacial score (nSPS) is 30.4. The highest BCUT2D eigenvalue weighted by molar-refractivity contribution is 4.79. The lowest BCUT2D eigenvalue weighted by Crippen LogP contribution is -2.48. The molecule has 1 rings (SSSR count). The number of aliphatic hydroxyl groups excluding tert-OH is 1. The zero-order chi connectivity index (χ0) is 12.3. The van der Waals surface area contributed by atoms with E-state index >= 15 is 0 Å². The van der Waals surface area contributed by atoms with Gasteiger partial charge in [-0.3, -0.25) is 4.90 Å². The summed E-state index contributed by atoms with van der Waals surface area (Å²) >= 11 is 0. The summed E-state index contributed by atoms with van der Waals surface area (Å²) in [6, 6.07) is 0.475. The number of ether oxygens (including phenoxy) is 1. The van der Waals surface area contributed by atoms with Gasteiger partial charge in [-0.1, -0.05) is 20.8 Å². The summed E-state index contributed by atoms with van der Waals surface area (Å²) in [6.45, 7) is 13.3. The Morgan fingerprint density at radius 2 is 2.00 bits per heavy atom. The average Bonchev–Trinajstić information content (AvgIpc) is 2.17. The van der Waals surface area contributed by atoms with E-state index in [1.165, 1.54) is 0 Å². The highest BCUT2D eigenvalue weighted by Crippen LogP contribution is 2.22. The van der Waals surface area contributed by atoms with Crippen molar-refractivity contribution in [1.29, 1.82) is 0 Å². The third kappa shape index (κ3) is 4.04. The van der Waals surface area contributed by atoms with E-state index in [1.807, 2.05) is 0 Å². The van der Waals surface area contributed by atoms with Crippen LogP contribution in [0.2, 0.25) is 0 Å². The van der Waals surface area contributed by atoms with Crippen molar-refractivity contribution in [2.75, 3.05) is 19.7 Å². The third-order valence-electron chi connectivity index (χ3n) is 3.43. The lowest BCUT2D eigenvalue weighted by Gasteiger charge is -2.38. The molecular weight excluding hydrogens is 202 g/mol. The van der Waals surface area contributed by atoms with E-state index in [1.54, 1.807) is 0 Å². The molecule has 3 nitrogen and oxygen atoms in total. The van der Waals surface area contributed by atoms with Crippen molar-refractivity contribution in [3.8, 4) is 0 Å². The predicted molar refractivity (Wildman–Crippen MR) is 66.5 cm³/mol. The van der Waals surface area contributed by atoms with Crippen LogP contribution < -0.4 is 0 Å². The van der Waals surface area contributed by atoms with Gasteiger partial charge in [0.05, 0.1) is 18.8 Å². The van der Waals surface area contributed by atoms with Gasteiger partial charge in [-0.25, -0.2) is 0 Å². The molecule has 0 aliphatic carbocycles. The Morgan fingerprint density at radius 1 is 1.38 bits per heavy atom. The molecule has 0 bridgehead atoms. The molecule has 3 heteroatoms. The lowest BCUT2D eigenvalue weighted by molar-refractivity contribution is -0.0564. The fourth-order valence-electron chi connectivity index (χ4n) is 2.00. The van der Waals surface area contributed by atoms with Crippen LogP contribution in [-0.4, -0.2) is 48.0 Å². The number of rotatable bonds is 3. The SMILES string of the molecule is CC1CN(CCC(O)C(C)(C)C)C(C)CO1. The minimum absolute atomic E-state index is 0.0128. The Hall–Kier alpha value is -0.120. The van der Waals surface area contributed by atoms with Gasteiger partial charge in [0.15, 0.2) is 0 Å². The van der Waals surface area contributed by atoms with Crippen LogP contribution in [0.4, 0.5) is 0 Å². The van der Waals surface area contributed by atoms with Crippen molar-refractivity contribution in [2.24, 2.45) is 5.41 Å². The van der Waals surface area contributed by atoms with E-state index in [2.05, 4.69) is 39.5 Å². The second-order valence-electron chi connectivity index (χ2n) is 6.16. The molecule has 1 aliphatic rings. The molecule has 3 unspecified atom stereocenters. The van der Waals surface area contributed by atoms with Gasteiger partial charge in [-0.05, 0) is 25.7 Å². The van der Waals surface area contributed by atoms with Crippen LogP contribution in [-0.2, 0) is 4.74 Å². The molecule has 1 fully saturated rings. The van der Waals surface area contributed by atoms with E-state index in [-0.39, 0.29) is 11.5 Å². The van der Waals surface area contributed by atoms with Gasteiger partial charge in [0, 0.05) is 19.1 Å². The smallest absolute Gasteiger partial charge is 0.0674 e. The largest absolute Gasteiger partial charge is 0.393 e. The first-order valence-corrected chi connectivity index (χ1v) is 6.34. The van der Waals surface area contributed by atoms with Crippen LogP contribution in [0.1, 0.15) is 41.0 Å². The molecule has 0 saturated carbocycles. The van der Waals surface area contributed by atoms with Crippen molar-refractivity contribution < 1.29 is 9.84 Å². The molecule has 1 saturated heterocycles. The van der Waals surface area contributed by atoms with Gasteiger partial charge >= 0.3 is 0 Å². The maximum absolute atomic E-state index is 10.0. The first-order chi connectivity index (χ1) is 7.30. The maximum atomic E-state index is 10.0. The third-order valence-corrected chi connectivity index (χ3v) is 3.43. The zero-order valence-electron chi connectivity index (χ0n) is 11.4. The molecule has 0 aromatic carbocycles. The van der Waals surface area contributed by atoms with Crippen molar-refractivity contribution in [2.45, 2.75) is 59.3 Å². The molecule has 3 atom stereocenters. The highest BCUT2D eigenvalue weighted by Gasteiger charge is 2.26. The summed E-state index contributed by atoms with van der Waals surface area (Å²) in [5, 5.41) is 10.0. The summed E-state index contributed by atoms with van der Waals surface area (Å²) in [7, 11) is 0. The summed E-state index contributed by atoms with van der Waals surface area (Å²) in [6.07, 6.45) is 0.946. The molecular formula is C13H27NO2. The minimum Gasteiger partial charge on any atom is -0.393 e. The van der Waals surface area contributed by atoms with Crippen LogP contribution in [0.3, 0.4) is 0 Å². The summed E-state index contributed by atoms with van der Waals surface area (Å²) in [4.78, 5) is 2.42. The summed E-state index contributed by atoms with van der Waals surface area (Å²) in [5.41, 5.74) is -0.0128. The molecule has 0 amide bonds. The van der Waals surface area contributed by atoms with Crippen LogP contribution >= 0.6 is 0 Å². The molecule has 1 N–H and O–H groups in total. The van der Waals surface area contributed by atoms with Crippen LogP contribution in [0.5, 0.6) is 0 Å². The fraction of sp³-hybridized carbons (Fsp3) is 1.00. The molecule has 0 aromatic rings. The topological polar surface area (TPSA) is 32.7 Å². The van der Waals surface area contributed by atoms with Crippen molar-refractivity contribution in [1.82, 2.24) is 4.90 Å². The molecule has 0 radical (unpaired) electrons. The molecule has 16 heavy (non-hydrogen) atoms. The first kappa shape index (κ1) is 13.9. The Bertz CT molecular complexity index is 212. The van der Waals surface area contributed by atoms with Gasteiger partial charge in [0.2, 0.25) is 0 Å². The van der Waals surface area contributed by atoms with Crippen LogP contribution in [0.15, 0.2) is 0 Å². The Labute approximate surface area is 99.8 Å². The standard InChI is InChI=1S/C13H27NO2/c1-10-9-16-11(2)8-14(10)7-6-12(15)13(3,4)5/h10-12,15H,6-9H2,1-5H3. The predicted octanol–water partition coefficient (Wildman–Crippen LogP) is 1.89. The fourth-order valence-corrected chi connectivity index (χ4v) is 2.00. The summed E-state index contributed by atoms with van der Waals surface area (Å²) in [5.74, 6) is 0. The van der Waals surface area contributed by atoms with Crippen LogP contribution in [0, 0.1) is 5.41 Å². The number of hydrogen-bond acceptors (Lipinski definition) is 3. The van der Waals surface area contributed by atoms with E-state index in [9.17, 15) is 5.11 Å². The van der Waals surface area contributed by atoms with Crippen molar-refractivity contribution in [3.63, 3.8) is 0 Å². The van der Waals surface area contributed by atoms with Gasteiger partial charge in [-0.2, -0.15) is 0 Å². The number of morpholine rings is 1. The van der Waals surface area contributed by atoms with E-state index in [0.717, 1.165) is 26.1 Å². The monoisotopic (exact) mass is 229 g/mol. The van der Waals surface area contributed by atoms with Gasteiger partial charge < -0.3 is 9.84 Å². The van der Waals surface area contributed by atoms with Crippen molar-refractivity contribution in [3.05, 3.63) is 0 Å². The average molecular weight is 229 g/mol. The number of aliphatic hydroxyl groups is 1. The number of nitrogens with zero attached hydrogens (tertiary/aromatic N) is 1. The molecule has 1 heterocycles. The van der Waals surface area contributed by atoms with E-state index < -0.39 is 0 Å². The molecule has 0 aromatic heterocycles. The van der Waals surface area contributed by atoms with E-state index in [4.69, 9.17) is 4.74 Å². The minimum atomic E-state index is -0.224. The van der Waals surface area contributed by atoms with Gasteiger partial charge in [0.25, 0.3) is 0 Å². The van der Waals surface area contributed by atoms with Crippen molar-refractivity contribution >= 4 is 0 Å². The zero-order valence-corrected chi connectivity index (χ0v) is 11.4. The quantitative estimate of drug-likeness (QED) is 0.802. The Morgan fingerprint density at radius 3 is 2.56 bits per heavy atom. The lowest BCUT2D eigenvalue weighted by atomic mass is 9.87. The summed E-state index contributed by atoms with van der Waals surface area (Å²) < 4.78 is 5.59. The van der Waals surface area contributed by atoms with E-state index in [0.29, 0.717) is 12.1 Å². The Balaban J connectivity index is 2.36. The Kier molecular flexibility index (Phi) is 4.77. The first-order valence-electron chi connectivity index (χ1n) is 6.34. The second-order valence-corrected chi connectivity index (χ2v) is 6.16. The number of hydrogen-bond donors (Lipinski definition) is 1. The second kappa shape index (κ2) is 5.48. The maximum Gasteiger partial charge on any atom is 0.0674 e. The molecule has 96 valence electrons. The molecule has 0 spiro atoms. The van der Waals surface area contributed by atoms with Gasteiger partial charge in [0.1, 0.15) is 0 Å². The molecule has 1 aliphatic heterocycles.